The van der Waals surface area contributed by atoms with Crippen LogP contribution in [-0.4, -0.2) is 45.8 Å². The summed E-state index contributed by atoms with van der Waals surface area (Å²) in [5, 5.41) is 2.65. The molecule has 4 aromatic rings. The van der Waals surface area contributed by atoms with Crippen LogP contribution in [0.25, 0.3) is 16.6 Å². The van der Waals surface area contributed by atoms with Crippen molar-refractivity contribution in [3.8, 4) is 0 Å². The average molecular weight is 658 g/mol. The van der Waals surface area contributed by atoms with Crippen LogP contribution in [0.15, 0.2) is 65.9 Å². The van der Waals surface area contributed by atoms with Crippen molar-refractivity contribution in [3.05, 3.63) is 106 Å². The van der Waals surface area contributed by atoms with Crippen LogP contribution in [-0.2, 0) is 11.2 Å². The lowest BCUT2D eigenvalue weighted by atomic mass is 9.90. The molecule has 13 heteroatoms. The van der Waals surface area contributed by atoms with Crippen LogP contribution in [0.4, 0.5) is 26.3 Å². The van der Waals surface area contributed by atoms with Crippen LogP contribution in [0.2, 0.25) is 0 Å². The first kappa shape index (κ1) is 34.9. The number of nitrogens with zero attached hydrogens (tertiary/aromatic N) is 3. The predicted molar refractivity (Wildman–Crippen MR) is 167 cm³/mol. The highest BCUT2D eigenvalue weighted by Crippen LogP contribution is 2.32. The van der Waals surface area contributed by atoms with E-state index in [0.717, 1.165) is 33.9 Å². The fraction of sp³-hybridized carbons (Fsp3) is 0.294. The average Bonchev–Trinajstić information content (AvgIpc) is 3.37. The van der Waals surface area contributed by atoms with E-state index in [1.165, 1.54) is 18.5 Å². The molecule has 0 aliphatic carbocycles. The lowest BCUT2D eigenvalue weighted by Crippen LogP contribution is -2.46. The molecule has 4 rings (SSSR count). The number of amides is 2. The summed E-state index contributed by atoms with van der Waals surface area (Å²) in [5.41, 5.74) is 8.00. The maximum Gasteiger partial charge on any atom is 0.391 e. The molecule has 0 saturated carbocycles. The van der Waals surface area contributed by atoms with E-state index in [1.807, 2.05) is 6.92 Å². The first-order chi connectivity index (χ1) is 22.1. The van der Waals surface area contributed by atoms with Crippen LogP contribution in [0.1, 0.15) is 58.9 Å². The van der Waals surface area contributed by atoms with Crippen LogP contribution in [0.3, 0.4) is 0 Å². The number of imidazole rings is 1. The molecule has 0 radical (unpaired) electrons. The van der Waals surface area contributed by atoms with Gasteiger partial charge in [0.15, 0.2) is 0 Å². The Balaban J connectivity index is 1.85. The number of hydrogen-bond acceptors (Lipinski definition) is 4. The zero-order chi connectivity index (χ0) is 34.6. The molecule has 0 fully saturated rings. The maximum atomic E-state index is 14.4. The molecular formula is C34H33F6N5O2. The number of alkyl halides is 3. The second-order valence-corrected chi connectivity index (χ2v) is 11.1. The van der Waals surface area contributed by atoms with Gasteiger partial charge in [-0.25, -0.2) is 18.2 Å². The Morgan fingerprint density at radius 2 is 1.68 bits per heavy atom. The number of nitrogens with one attached hydrogen (secondary N) is 1. The number of carbonyl (C=O) groups excluding carboxylic acids is 2. The van der Waals surface area contributed by atoms with Crippen molar-refractivity contribution in [1.29, 1.82) is 0 Å². The van der Waals surface area contributed by atoms with E-state index >= 15 is 0 Å². The van der Waals surface area contributed by atoms with Crippen molar-refractivity contribution in [3.63, 3.8) is 0 Å². The molecule has 2 unspecified atom stereocenters. The Kier molecular flexibility index (Phi) is 10.6. The Labute approximate surface area is 267 Å². The molecule has 47 heavy (non-hydrogen) atoms. The lowest BCUT2D eigenvalue weighted by molar-refractivity contribution is -0.152. The molecule has 1 aromatic heterocycles. The Morgan fingerprint density at radius 1 is 1.02 bits per heavy atom. The van der Waals surface area contributed by atoms with E-state index in [4.69, 9.17) is 5.73 Å². The summed E-state index contributed by atoms with van der Waals surface area (Å²) in [6, 6.07) is 6.57. The van der Waals surface area contributed by atoms with Gasteiger partial charge in [0.2, 0.25) is 5.91 Å². The highest BCUT2D eigenvalue weighted by Gasteiger charge is 2.38. The van der Waals surface area contributed by atoms with Crippen LogP contribution >= 0.6 is 0 Å². The van der Waals surface area contributed by atoms with Crippen molar-refractivity contribution >= 4 is 34.1 Å². The number of nitrogens with two attached hydrogens (primary N) is 1. The maximum absolute atomic E-state index is 14.4. The third kappa shape index (κ3) is 8.27. The number of fused-ring (bicyclic) bond motifs is 1. The van der Waals surface area contributed by atoms with Gasteiger partial charge in [-0.15, -0.1) is 0 Å². The summed E-state index contributed by atoms with van der Waals surface area (Å²) in [7, 11) is 0. The predicted octanol–water partition coefficient (Wildman–Crippen LogP) is 6.95. The highest BCUT2D eigenvalue weighted by atomic mass is 19.4. The quantitative estimate of drug-likeness (QED) is 0.135. The van der Waals surface area contributed by atoms with E-state index < -0.39 is 59.5 Å². The molecule has 0 spiro atoms. The number of halogens is 6. The van der Waals surface area contributed by atoms with Crippen molar-refractivity contribution in [1.82, 2.24) is 14.9 Å². The number of aliphatic imine (C=N–C) groups is 1. The summed E-state index contributed by atoms with van der Waals surface area (Å²) in [4.78, 5) is 34.7. The zero-order valence-electron chi connectivity index (χ0n) is 26.1. The second kappa shape index (κ2) is 14.2. The van der Waals surface area contributed by atoms with Crippen molar-refractivity contribution < 1.29 is 35.9 Å². The largest absolute Gasteiger partial charge is 0.391 e. The van der Waals surface area contributed by atoms with Gasteiger partial charge in [-0.2, -0.15) is 13.2 Å². The molecule has 7 nitrogen and oxygen atoms in total. The summed E-state index contributed by atoms with van der Waals surface area (Å²) < 4.78 is 86.0. The van der Waals surface area contributed by atoms with Crippen molar-refractivity contribution in [2.24, 2.45) is 10.7 Å². The first-order valence-electron chi connectivity index (χ1n) is 14.7. The van der Waals surface area contributed by atoms with Gasteiger partial charge in [-0.3, -0.25) is 14.6 Å². The molecule has 2 atom stereocenters. The molecule has 0 saturated heterocycles. The van der Waals surface area contributed by atoms with Gasteiger partial charge >= 0.3 is 6.18 Å². The van der Waals surface area contributed by atoms with Gasteiger partial charge in [0.1, 0.15) is 23.5 Å². The number of allylic oxidation sites excluding steroid dienone is 1. The minimum atomic E-state index is -4.77. The molecule has 0 bridgehead atoms. The lowest BCUT2D eigenvalue weighted by Gasteiger charge is -2.27. The van der Waals surface area contributed by atoms with Gasteiger partial charge in [-0.05, 0) is 92.8 Å². The zero-order valence-corrected chi connectivity index (χ0v) is 26.1. The Bertz CT molecular complexity index is 1860. The third-order valence-corrected chi connectivity index (χ3v) is 7.70. The Hall–Kier alpha value is -4.94. The summed E-state index contributed by atoms with van der Waals surface area (Å²) >= 11 is 0. The standard InChI is InChI=1S/C34H33F6N5O2/c1-5-24(21-7-8-26(37)25(14-21)32(41)46)31(42-6-2)28(13-20-11-22(35)15-23(36)12-20)44-33(47)30(16-34(38,39)40)45-17-43-27-9-18(3)19(4)10-29(27)45/h5,7-12,14-15,17,28,30H,6,13,16H2,1-4H3,(H2,41,46)(H,44,47). The summed E-state index contributed by atoms with van der Waals surface area (Å²) in [5.74, 6) is -4.78. The normalized spacial score (nSPS) is 13.9. The molecule has 3 aromatic carbocycles. The number of primary amides is 1. The van der Waals surface area contributed by atoms with Gasteiger partial charge in [-0.1, -0.05) is 12.1 Å². The minimum Gasteiger partial charge on any atom is -0.366 e. The van der Waals surface area contributed by atoms with E-state index in [1.54, 1.807) is 39.0 Å². The number of benzene rings is 3. The first-order valence-corrected chi connectivity index (χ1v) is 14.7. The number of aromatic nitrogens is 2. The Morgan fingerprint density at radius 3 is 2.28 bits per heavy atom. The van der Waals surface area contributed by atoms with E-state index in [2.05, 4.69) is 15.3 Å². The van der Waals surface area contributed by atoms with Crippen LogP contribution in [0.5, 0.6) is 0 Å². The molecule has 2 amide bonds. The molecular weight excluding hydrogens is 624 g/mol. The fourth-order valence-electron chi connectivity index (χ4n) is 5.41. The number of hydrogen-bond donors (Lipinski definition) is 2. The molecule has 0 aliphatic rings. The van der Waals surface area contributed by atoms with Crippen LogP contribution < -0.4 is 11.1 Å². The van der Waals surface area contributed by atoms with Crippen molar-refractivity contribution in [2.45, 2.75) is 58.8 Å². The summed E-state index contributed by atoms with van der Waals surface area (Å²) in [6.07, 6.45) is -3.89. The number of aryl methyl sites for hydroxylation is 2. The van der Waals surface area contributed by atoms with Gasteiger partial charge in [0, 0.05) is 18.2 Å². The minimum absolute atomic E-state index is 0.0792. The SMILES string of the molecule is CC=C(C(=NCC)C(Cc1cc(F)cc(F)c1)NC(=O)C(CC(F)(F)F)n1cnc2cc(C)c(C)cc21)c1ccc(F)c(C(N)=O)c1. The topological polar surface area (TPSA) is 102 Å². The van der Waals surface area contributed by atoms with Gasteiger partial charge in [0.05, 0.1) is 41.1 Å². The molecule has 1 heterocycles. The molecule has 3 N–H and O–H groups in total. The van der Waals surface area contributed by atoms with E-state index in [0.29, 0.717) is 17.1 Å². The monoisotopic (exact) mass is 657 g/mol. The molecule has 0 aliphatic heterocycles. The van der Waals surface area contributed by atoms with Gasteiger partial charge < -0.3 is 15.6 Å². The second-order valence-electron chi connectivity index (χ2n) is 11.1. The van der Waals surface area contributed by atoms with Gasteiger partial charge in [0.25, 0.3) is 5.91 Å². The highest BCUT2D eigenvalue weighted by molar-refractivity contribution is 6.27. The van der Waals surface area contributed by atoms with Crippen LogP contribution in [0, 0.1) is 31.3 Å². The van der Waals surface area contributed by atoms with E-state index in [-0.39, 0.29) is 35.4 Å². The smallest absolute Gasteiger partial charge is 0.366 e. The number of carbonyl (C=O) groups is 2. The molecule has 248 valence electrons. The summed E-state index contributed by atoms with van der Waals surface area (Å²) in [6.45, 7) is 7.00. The third-order valence-electron chi connectivity index (χ3n) is 7.70. The number of rotatable bonds is 11. The van der Waals surface area contributed by atoms with Crippen molar-refractivity contribution in [2.75, 3.05) is 6.54 Å². The van der Waals surface area contributed by atoms with E-state index in [9.17, 15) is 35.9 Å². The fourth-order valence-corrected chi connectivity index (χ4v) is 5.41.